The molecule has 6 nitrogen and oxygen atoms in total. The molecule has 0 aliphatic heterocycles. The second-order valence-corrected chi connectivity index (χ2v) is 7.57. The first-order valence-corrected chi connectivity index (χ1v) is 9.30. The van der Waals surface area contributed by atoms with Crippen LogP contribution in [0, 0.1) is 0 Å². The Hall–Kier alpha value is -0.968. The summed E-state index contributed by atoms with van der Waals surface area (Å²) >= 11 is 4.67. The number of hydrogen-bond acceptors (Lipinski definition) is 3. The van der Waals surface area contributed by atoms with Crippen molar-refractivity contribution >= 4 is 62.7 Å². The van der Waals surface area contributed by atoms with E-state index in [1.165, 1.54) is 43.1 Å². The molecule has 0 spiro atoms. The summed E-state index contributed by atoms with van der Waals surface area (Å²) in [5, 5.41) is 22.2. The number of aliphatic carboxylic acids is 3. The molecule has 0 unspecified atom stereocenters. The Kier molecular flexibility index (Phi) is 14.2. The second-order valence-electron chi connectivity index (χ2n) is 4.56. The third-order valence-corrected chi connectivity index (χ3v) is 4.21. The first-order valence-electron chi connectivity index (χ1n) is 6.57. The molecule has 1 aliphatic carbocycles. The van der Waals surface area contributed by atoms with Crippen molar-refractivity contribution in [1.82, 2.24) is 0 Å². The molecule has 1 aromatic rings. The largest absolute Gasteiger partial charge is 0.481 e. The van der Waals surface area contributed by atoms with Gasteiger partial charge in [-0.25, -0.2) is 0 Å². The topological polar surface area (TPSA) is 112 Å². The molecule has 2 rings (SSSR count). The van der Waals surface area contributed by atoms with E-state index in [4.69, 9.17) is 29.7 Å². The van der Waals surface area contributed by atoms with E-state index in [1.807, 2.05) is 0 Å². The van der Waals surface area contributed by atoms with Gasteiger partial charge >= 0.3 is 91.8 Å². The number of carbonyl (C=O) groups is 3. The average Bonchev–Trinajstić information content (AvgIpc) is 3.10. The molecule has 3 N–H and O–H groups in total. The molecule has 1 fully saturated rings. The van der Waals surface area contributed by atoms with Crippen LogP contribution in [0.4, 0.5) is 0 Å². The minimum atomic E-state index is -0.833. The first-order chi connectivity index (χ1) is 10.5. The summed E-state index contributed by atoms with van der Waals surface area (Å²) in [6.07, 6.45) is 2.83. The summed E-state index contributed by atoms with van der Waals surface area (Å²) in [4.78, 5) is 27.0. The van der Waals surface area contributed by atoms with Crippen LogP contribution < -0.4 is 3.12 Å². The Balaban J connectivity index is 0. The van der Waals surface area contributed by atoms with Crippen molar-refractivity contribution < 1.29 is 29.7 Å². The minimum Gasteiger partial charge on any atom is -0.481 e. The maximum Gasteiger partial charge on any atom is 0.300 e. The Morgan fingerprint density at radius 3 is 1.61 bits per heavy atom. The standard InChI is InChI=1S/C9H8Br.3C2H4O2.Pb/c10-9-5-3-8(4-6-9)7-1-2-7;3*1-2(3)4;/h3,5-7H,1-2H2;3*1H3,(H,3,4);. The van der Waals surface area contributed by atoms with Gasteiger partial charge < -0.3 is 15.3 Å². The normalized spacial score (nSPS) is 11.3. The molecular weight excluding hydrogens is 563 g/mol. The van der Waals surface area contributed by atoms with Gasteiger partial charge in [-0.15, -0.1) is 0 Å². The quantitative estimate of drug-likeness (QED) is 0.438. The van der Waals surface area contributed by atoms with E-state index in [0.29, 0.717) is 0 Å². The van der Waals surface area contributed by atoms with Gasteiger partial charge in [-0.2, -0.15) is 0 Å². The van der Waals surface area contributed by atoms with E-state index in [0.717, 1.165) is 26.7 Å². The van der Waals surface area contributed by atoms with Crippen LogP contribution in [0.1, 0.15) is 45.1 Å². The fourth-order valence-electron chi connectivity index (χ4n) is 1.28. The van der Waals surface area contributed by atoms with Gasteiger partial charge in [-0.05, 0) is 0 Å². The molecule has 0 atom stereocenters. The summed E-state index contributed by atoms with van der Waals surface area (Å²) in [5.74, 6) is -1.59. The molecule has 8 heteroatoms. The smallest absolute Gasteiger partial charge is 0.300 e. The van der Waals surface area contributed by atoms with Gasteiger partial charge in [0, 0.05) is 20.8 Å². The molecule has 127 valence electrons. The van der Waals surface area contributed by atoms with Gasteiger partial charge in [0.2, 0.25) is 0 Å². The summed E-state index contributed by atoms with van der Waals surface area (Å²) < 4.78 is 2.80. The zero-order chi connectivity index (χ0) is 18.6. The van der Waals surface area contributed by atoms with Gasteiger partial charge in [0.1, 0.15) is 0 Å². The third kappa shape index (κ3) is 21.0. The predicted octanol–water partition coefficient (Wildman–Crippen LogP) is 2.39. The maximum atomic E-state index is 9.00. The van der Waals surface area contributed by atoms with Crippen LogP contribution in [-0.4, -0.2) is 59.0 Å². The monoisotopic (exact) mass is 583 g/mol. The molecule has 0 aromatic heterocycles. The molecule has 0 bridgehead atoms. The Labute approximate surface area is 159 Å². The fraction of sp³-hybridized carbons (Fsp3) is 0.400. The van der Waals surface area contributed by atoms with Crippen molar-refractivity contribution in [2.75, 3.05) is 0 Å². The Morgan fingerprint density at radius 1 is 1.00 bits per heavy atom. The molecule has 3 radical (unpaired) electrons. The van der Waals surface area contributed by atoms with Crippen LogP contribution in [0.5, 0.6) is 0 Å². The van der Waals surface area contributed by atoms with E-state index in [9.17, 15) is 0 Å². The van der Waals surface area contributed by atoms with Crippen LogP contribution in [0.25, 0.3) is 0 Å². The maximum absolute atomic E-state index is 9.00. The van der Waals surface area contributed by atoms with Crippen molar-refractivity contribution in [2.24, 2.45) is 0 Å². The summed E-state index contributed by atoms with van der Waals surface area (Å²) in [6, 6.07) is 6.71. The fourth-order valence-corrected chi connectivity index (χ4v) is 4.18. The zero-order valence-electron chi connectivity index (χ0n) is 13.2. The summed E-state index contributed by atoms with van der Waals surface area (Å²) in [5.41, 5.74) is 1.61. The molecule has 0 heterocycles. The molecule has 1 aliphatic rings. The molecule has 1 saturated carbocycles. The Morgan fingerprint density at radius 2 is 1.35 bits per heavy atom. The summed E-state index contributed by atoms with van der Waals surface area (Å²) in [7, 11) is 0. The summed E-state index contributed by atoms with van der Waals surface area (Å²) in [6.45, 7) is 3.25. The van der Waals surface area contributed by atoms with Crippen LogP contribution >= 0.6 is 15.9 Å². The van der Waals surface area contributed by atoms with Crippen LogP contribution in [-0.2, 0) is 14.4 Å². The van der Waals surface area contributed by atoms with Crippen molar-refractivity contribution in [2.45, 2.75) is 39.5 Å². The molecular formula is C15H20BrO6Pb. The number of halogens is 1. The molecule has 0 amide bonds. The van der Waals surface area contributed by atoms with E-state index in [-0.39, 0.29) is 0 Å². The molecule has 1 aromatic carbocycles. The average molecular weight is 583 g/mol. The van der Waals surface area contributed by atoms with Gasteiger partial charge in [0.15, 0.2) is 0 Å². The van der Waals surface area contributed by atoms with E-state index in [2.05, 4.69) is 34.1 Å². The second kappa shape index (κ2) is 13.5. The third-order valence-electron chi connectivity index (χ3n) is 2.03. The number of carboxylic acid groups (broad SMARTS) is 3. The van der Waals surface area contributed by atoms with Crippen LogP contribution in [0.2, 0.25) is 0 Å². The number of hydrogen-bond donors (Lipinski definition) is 3. The predicted molar refractivity (Wildman–Crippen MR) is 91.4 cm³/mol. The van der Waals surface area contributed by atoms with Crippen molar-refractivity contribution in [3.05, 3.63) is 28.2 Å². The minimum absolute atomic E-state index is 0.833. The SMILES string of the molecule is Brc1ccc(C2CC2)[c]([Pb])c1.CC(=O)O.CC(=O)O.CC(=O)O. The van der Waals surface area contributed by atoms with E-state index >= 15 is 0 Å². The zero-order valence-corrected chi connectivity index (χ0v) is 18.6. The number of rotatable bonds is 1. The van der Waals surface area contributed by atoms with Gasteiger partial charge in [0.05, 0.1) is 0 Å². The van der Waals surface area contributed by atoms with Crippen molar-refractivity contribution in [3.63, 3.8) is 0 Å². The van der Waals surface area contributed by atoms with Gasteiger partial charge in [-0.1, -0.05) is 0 Å². The van der Waals surface area contributed by atoms with E-state index < -0.39 is 17.9 Å². The molecule has 0 saturated heterocycles. The van der Waals surface area contributed by atoms with Gasteiger partial charge in [-0.3, -0.25) is 14.4 Å². The van der Waals surface area contributed by atoms with Crippen LogP contribution in [0.15, 0.2) is 22.7 Å². The number of benzene rings is 1. The van der Waals surface area contributed by atoms with Crippen molar-refractivity contribution in [3.8, 4) is 0 Å². The van der Waals surface area contributed by atoms with Gasteiger partial charge in [0.25, 0.3) is 17.9 Å². The number of carboxylic acids is 3. The van der Waals surface area contributed by atoms with E-state index in [1.54, 1.807) is 8.69 Å². The molecule has 23 heavy (non-hydrogen) atoms. The van der Waals surface area contributed by atoms with Crippen molar-refractivity contribution in [1.29, 1.82) is 0 Å². The Bertz CT molecular complexity index is 488. The van der Waals surface area contributed by atoms with Crippen LogP contribution in [0.3, 0.4) is 0 Å². The first kappa shape index (κ1) is 24.3.